The van der Waals surface area contributed by atoms with Gasteiger partial charge < -0.3 is 25.3 Å². The van der Waals surface area contributed by atoms with Crippen molar-refractivity contribution in [1.29, 1.82) is 0 Å². The van der Waals surface area contributed by atoms with Gasteiger partial charge in [-0.2, -0.15) is 5.10 Å². The van der Waals surface area contributed by atoms with Gasteiger partial charge in [0.15, 0.2) is 23.0 Å². The lowest BCUT2D eigenvalue weighted by atomic mass is 10.1. The molecule has 176 valence electrons. The Hall–Kier alpha value is -3.85. The van der Waals surface area contributed by atoms with E-state index in [0.717, 1.165) is 24.2 Å². The largest absolute Gasteiger partial charge is 0.497 e. The van der Waals surface area contributed by atoms with Gasteiger partial charge in [0.05, 0.1) is 13.7 Å². The predicted octanol–water partition coefficient (Wildman–Crippen LogP) is 4.59. The number of aromatic nitrogens is 3. The minimum Gasteiger partial charge on any atom is -0.497 e. The van der Waals surface area contributed by atoms with Crippen LogP contribution < -0.4 is 20.5 Å². The van der Waals surface area contributed by atoms with Gasteiger partial charge in [-0.25, -0.2) is 14.1 Å². The molecule has 1 aliphatic rings. The van der Waals surface area contributed by atoms with Crippen LogP contribution in [0.5, 0.6) is 17.2 Å². The first-order valence-electron chi connectivity index (χ1n) is 11.2. The first kappa shape index (κ1) is 22.0. The monoisotopic (exact) mass is 463 g/mol. The Morgan fingerprint density at radius 1 is 1.12 bits per heavy atom. The molecule has 2 aromatic carbocycles. The van der Waals surface area contributed by atoms with Gasteiger partial charge in [0.1, 0.15) is 16.9 Å². The smallest absolute Gasteiger partial charge is 0.167 e. The van der Waals surface area contributed by atoms with E-state index in [1.165, 1.54) is 12.1 Å². The number of fused-ring (bicyclic) bond motifs is 1. The molecule has 0 atom stereocenters. The van der Waals surface area contributed by atoms with Gasteiger partial charge in [0.25, 0.3) is 0 Å². The molecule has 0 radical (unpaired) electrons. The molecule has 9 heteroatoms. The third kappa shape index (κ3) is 4.60. The fraction of sp³-hybridized carbons (Fsp3) is 0.280. The molecule has 0 aliphatic carbocycles. The molecular weight excluding hydrogens is 437 g/mol. The maximum Gasteiger partial charge on any atom is 0.167 e. The number of nitrogens with zero attached hydrogens (tertiary/aromatic N) is 3. The molecule has 1 aliphatic heterocycles. The molecule has 34 heavy (non-hydrogen) atoms. The third-order valence-corrected chi connectivity index (χ3v) is 5.82. The van der Waals surface area contributed by atoms with Crippen molar-refractivity contribution in [2.75, 3.05) is 31.4 Å². The summed E-state index contributed by atoms with van der Waals surface area (Å²) in [6.45, 7) is 1.89. The second kappa shape index (κ2) is 9.56. The Labute approximate surface area is 196 Å². The summed E-state index contributed by atoms with van der Waals surface area (Å²) in [7, 11) is 1.64. The van der Waals surface area contributed by atoms with Crippen LogP contribution in [0.3, 0.4) is 0 Å². The maximum absolute atomic E-state index is 14.5. The Kier molecular flexibility index (Phi) is 6.18. The quantitative estimate of drug-likeness (QED) is 0.387. The number of ether oxygens (including phenoxy) is 3. The summed E-state index contributed by atoms with van der Waals surface area (Å²) < 4.78 is 33.0. The zero-order chi connectivity index (χ0) is 23.5. The Morgan fingerprint density at radius 3 is 2.65 bits per heavy atom. The molecule has 4 aromatic rings. The number of halogens is 1. The maximum atomic E-state index is 14.5. The average molecular weight is 464 g/mol. The van der Waals surface area contributed by atoms with Crippen LogP contribution in [-0.2, 0) is 11.3 Å². The summed E-state index contributed by atoms with van der Waals surface area (Å²) in [4.78, 5) is 4.58. The van der Waals surface area contributed by atoms with Crippen molar-refractivity contribution in [3.8, 4) is 17.2 Å². The summed E-state index contributed by atoms with van der Waals surface area (Å²) in [6.07, 6.45) is 3.38. The molecular formula is C25H26FN5O3. The summed E-state index contributed by atoms with van der Waals surface area (Å²) in [5.74, 6) is 1.45. The minimum atomic E-state index is -0.533. The molecule has 3 heterocycles. The molecule has 0 amide bonds. The Morgan fingerprint density at radius 2 is 1.91 bits per heavy atom. The molecule has 0 saturated carbocycles. The summed E-state index contributed by atoms with van der Waals surface area (Å²) in [5, 5.41) is 9.06. The van der Waals surface area contributed by atoms with Crippen LogP contribution in [0.15, 0.2) is 54.7 Å². The van der Waals surface area contributed by atoms with E-state index in [9.17, 15) is 4.39 Å². The number of nitrogens with one attached hydrogen (secondary N) is 1. The van der Waals surface area contributed by atoms with E-state index >= 15 is 0 Å². The Bertz CT molecular complexity index is 1290. The van der Waals surface area contributed by atoms with Crippen LogP contribution in [0.2, 0.25) is 0 Å². The van der Waals surface area contributed by atoms with Crippen molar-refractivity contribution in [2.45, 2.75) is 25.4 Å². The van der Waals surface area contributed by atoms with Crippen LogP contribution in [0.25, 0.3) is 11.0 Å². The second-order valence-electron chi connectivity index (χ2n) is 8.18. The van der Waals surface area contributed by atoms with Crippen LogP contribution >= 0.6 is 0 Å². The lowest BCUT2D eigenvalue weighted by molar-refractivity contribution is 0.0904. The molecule has 1 fully saturated rings. The molecule has 1 saturated heterocycles. The van der Waals surface area contributed by atoms with E-state index in [1.54, 1.807) is 25.4 Å². The van der Waals surface area contributed by atoms with Crippen molar-refractivity contribution < 1.29 is 18.6 Å². The zero-order valence-electron chi connectivity index (χ0n) is 18.8. The number of nitrogens with two attached hydrogens (primary N) is 1. The molecule has 3 N–H and O–H groups in total. The highest BCUT2D eigenvalue weighted by molar-refractivity contribution is 5.93. The standard InChI is InChI=1S/C25H26FN5O3/c1-32-19-5-2-16(3-6-19)15-31-25-23(24(30-31)29-18-9-12-33-13-10-18)22(8-11-28-25)34-21-7-4-17(27)14-20(21)26/h2-8,11,14,18H,9-10,12-13,15,27H2,1H3,(H,29,30). The van der Waals surface area contributed by atoms with Crippen LogP contribution in [0.1, 0.15) is 18.4 Å². The van der Waals surface area contributed by atoms with E-state index in [1.807, 2.05) is 28.9 Å². The van der Waals surface area contributed by atoms with Gasteiger partial charge in [-0.05, 0) is 42.7 Å². The average Bonchev–Trinajstić information content (AvgIpc) is 3.19. The van der Waals surface area contributed by atoms with E-state index in [-0.39, 0.29) is 11.8 Å². The van der Waals surface area contributed by atoms with Crippen molar-refractivity contribution >= 4 is 22.5 Å². The lowest BCUT2D eigenvalue weighted by Crippen LogP contribution is -2.28. The zero-order valence-corrected chi connectivity index (χ0v) is 18.8. The molecule has 0 bridgehead atoms. The fourth-order valence-electron chi connectivity index (χ4n) is 4.02. The van der Waals surface area contributed by atoms with Crippen LogP contribution in [0, 0.1) is 5.82 Å². The SMILES string of the molecule is COc1ccc(Cn2nc(NC3CCOCC3)c3c(Oc4ccc(N)cc4F)ccnc32)cc1. The highest BCUT2D eigenvalue weighted by atomic mass is 19.1. The van der Waals surface area contributed by atoms with Gasteiger partial charge in [0.2, 0.25) is 0 Å². The number of benzene rings is 2. The number of hydrogen-bond acceptors (Lipinski definition) is 7. The van der Waals surface area contributed by atoms with Crippen molar-refractivity contribution in [3.63, 3.8) is 0 Å². The number of methoxy groups -OCH3 is 1. The van der Waals surface area contributed by atoms with Crippen LogP contribution in [0.4, 0.5) is 15.9 Å². The first-order valence-corrected chi connectivity index (χ1v) is 11.2. The van der Waals surface area contributed by atoms with Gasteiger partial charge >= 0.3 is 0 Å². The molecule has 0 unspecified atom stereocenters. The van der Waals surface area contributed by atoms with E-state index < -0.39 is 5.82 Å². The molecule has 2 aromatic heterocycles. The van der Waals surface area contributed by atoms with Crippen molar-refractivity contribution in [3.05, 3.63) is 66.1 Å². The van der Waals surface area contributed by atoms with E-state index in [2.05, 4.69) is 10.3 Å². The lowest BCUT2D eigenvalue weighted by Gasteiger charge is -2.23. The third-order valence-electron chi connectivity index (χ3n) is 5.82. The normalized spacial score (nSPS) is 14.3. The number of rotatable bonds is 7. The van der Waals surface area contributed by atoms with Crippen molar-refractivity contribution in [2.24, 2.45) is 0 Å². The number of hydrogen-bond donors (Lipinski definition) is 2. The van der Waals surface area contributed by atoms with Gasteiger partial charge in [-0.3, -0.25) is 0 Å². The number of pyridine rings is 1. The van der Waals surface area contributed by atoms with Gasteiger partial charge in [-0.15, -0.1) is 0 Å². The second-order valence-corrected chi connectivity index (χ2v) is 8.18. The highest BCUT2D eigenvalue weighted by Gasteiger charge is 2.22. The highest BCUT2D eigenvalue weighted by Crippen LogP contribution is 2.36. The van der Waals surface area contributed by atoms with E-state index in [0.29, 0.717) is 48.0 Å². The molecule has 0 spiro atoms. The molecule has 8 nitrogen and oxygen atoms in total. The van der Waals surface area contributed by atoms with E-state index in [4.69, 9.17) is 25.0 Å². The summed E-state index contributed by atoms with van der Waals surface area (Å²) >= 11 is 0. The number of nitrogen functional groups attached to an aromatic ring is 1. The van der Waals surface area contributed by atoms with Crippen molar-refractivity contribution in [1.82, 2.24) is 14.8 Å². The first-order chi connectivity index (χ1) is 16.6. The Balaban J connectivity index is 1.54. The topological polar surface area (TPSA) is 96.5 Å². The summed E-state index contributed by atoms with van der Waals surface area (Å²) in [5.41, 5.74) is 7.70. The number of anilines is 2. The minimum absolute atomic E-state index is 0.0848. The van der Waals surface area contributed by atoms with Crippen LogP contribution in [-0.4, -0.2) is 41.1 Å². The summed E-state index contributed by atoms with van der Waals surface area (Å²) in [6, 6.07) is 14.1. The van der Waals surface area contributed by atoms with Gasteiger partial charge in [-0.1, -0.05) is 12.1 Å². The van der Waals surface area contributed by atoms with Gasteiger partial charge in [0, 0.05) is 43.3 Å². The predicted molar refractivity (Wildman–Crippen MR) is 128 cm³/mol. The fourth-order valence-corrected chi connectivity index (χ4v) is 4.02. The molecule has 5 rings (SSSR count).